The number of Topliss-reactive ketones (excluding diaryl/α,β-unsaturated/α-hetero) is 2. The number of hydrogen-bond donors (Lipinski definition) is 2. The van der Waals surface area contributed by atoms with Crippen LogP contribution in [0.1, 0.15) is 64.9 Å². The molecule has 0 saturated heterocycles. The number of carbonyl (C=O) groups is 2. The second kappa shape index (κ2) is 7.07. The second-order valence-electron chi connectivity index (χ2n) is 10.0. The molecule has 29 heavy (non-hydrogen) atoms. The van der Waals surface area contributed by atoms with Gasteiger partial charge in [0.25, 0.3) is 0 Å². The van der Waals surface area contributed by atoms with Crippen molar-refractivity contribution in [1.82, 2.24) is 5.32 Å². The normalized spacial score (nSPS) is 23.7. The lowest BCUT2D eigenvalue weighted by Crippen LogP contribution is -2.42. The van der Waals surface area contributed by atoms with Crippen LogP contribution in [0, 0.1) is 18.0 Å². The lowest BCUT2D eigenvalue weighted by molar-refractivity contribution is -0.119. The van der Waals surface area contributed by atoms with Crippen LogP contribution in [-0.2, 0) is 9.59 Å². The molecular weight excluding hydrogens is 592 g/mol. The van der Waals surface area contributed by atoms with Crippen LogP contribution in [0.2, 0.25) is 0 Å². The molecule has 0 bridgehead atoms. The topological polar surface area (TPSA) is 66.4 Å². The van der Waals surface area contributed by atoms with E-state index in [0.717, 1.165) is 31.4 Å². The molecule has 1 aromatic carbocycles. The zero-order valence-corrected chi connectivity index (χ0v) is 21.4. The molecule has 2 N–H and O–H groups in total. The van der Waals surface area contributed by atoms with Crippen molar-refractivity contribution in [3.05, 3.63) is 47.4 Å². The Balaban J connectivity index is 1.98. The van der Waals surface area contributed by atoms with E-state index in [1.165, 1.54) is 0 Å². The fourth-order valence-corrected chi connectivity index (χ4v) is 6.90. The van der Waals surface area contributed by atoms with Gasteiger partial charge in [-0.2, -0.15) is 0 Å². The van der Waals surface area contributed by atoms with Crippen molar-refractivity contribution in [1.29, 1.82) is 0 Å². The molecule has 0 amide bonds. The number of phenols is 1. The van der Waals surface area contributed by atoms with Crippen molar-refractivity contribution in [2.75, 3.05) is 0 Å². The zero-order chi connectivity index (χ0) is 21.3. The predicted molar refractivity (Wildman–Crippen MR) is 130 cm³/mol. The Morgan fingerprint density at radius 1 is 0.897 bits per heavy atom. The van der Waals surface area contributed by atoms with E-state index in [2.05, 4.69) is 78.2 Å². The highest BCUT2D eigenvalue weighted by atomic mass is 127. The summed E-state index contributed by atoms with van der Waals surface area (Å²) in [5.74, 6) is -0.166. The Morgan fingerprint density at radius 2 is 1.38 bits per heavy atom. The molecule has 0 fully saturated rings. The first kappa shape index (κ1) is 21.3. The Kier molecular flexibility index (Phi) is 5.20. The Labute approximate surface area is 198 Å². The van der Waals surface area contributed by atoms with E-state index in [-0.39, 0.29) is 28.1 Å². The van der Waals surface area contributed by atoms with Gasteiger partial charge in [-0.1, -0.05) is 27.7 Å². The monoisotopic (exact) mass is 617 g/mol. The maximum atomic E-state index is 13.3. The lowest BCUT2D eigenvalue weighted by Gasteiger charge is -2.44. The minimum atomic E-state index is -0.489. The molecule has 1 heterocycles. The van der Waals surface area contributed by atoms with Crippen LogP contribution < -0.4 is 5.32 Å². The molecule has 1 aliphatic heterocycles. The molecule has 0 atom stereocenters. The number of dihydropyridines is 1. The van der Waals surface area contributed by atoms with Gasteiger partial charge < -0.3 is 10.4 Å². The molecule has 4 rings (SSSR count). The average molecular weight is 617 g/mol. The smallest absolute Gasteiger partial charge is 0.162 e. The van der Waals surface area contributed by atoms with Crippen LogP contribution in [0.5, 0.6) is 5.75 Å². The average Bonchev–Trinajstić information content (AvgIpc) is 2.53. The van der Waals surface area contributed by atoms with Crippen molar-refractivity contribution < 1.29 is 14.7 Å². The summed E-state index contributed by atoms with van der Waals surface area (Å²) in [6.07, 6.45) is 2.43. The van der Waals surface area contributed by atoms with Gasteiger partial charge in [0.2, 0.25) is 0 Å². The molecule has 0 unspecified atom stereocenters. The number of hydrogen-bond acceptors (Lipinski definition) is 4. The van der Waals surface area contributed by atoms with Gasteiger partial charge >= 0.3 is 0 Å². The fraction of sp³-hybridized carbons (Fsp3) is 0.478. The fourth-order valence-electron chi connectivity index (χ4n) is 5.01. The van der Waals surface area contributed by atoms with E-state index in [9.17, 15) is 14.7 Å². The largest absolute Gasteiger partial charge is 0.507 e. The molecule has 3 aliphatic rings. The molecule has 1 aromatic rings. The van der Waals surface area contributed by atoms with E-state index in [1.807, 2.05) is 12.1 Å². The number of halogens is 2. The first-order valence-electron chi connectivity index (χ1n) is 9.86. The highest BCUT2D eigenvalue weighted by molar-refractivity contribution is 14.1. The Morgan fingerprint density at radius 3 is 1.86 bits per heavy atom. The molecule has 0 saturated carbocycles. The third-order valence-corrected chi connectivity index (χ3v) is 7.53. The van der Waals surface area contributed by atoms with E-state index in [0.29, 0.717) is 29.6 Å². The quantitative estimate of drug-likeness (QED) is 0.405. The number of allylic oxidation sites excluding steroid dienone is 4. The van der Waals surface area contributed by atoms with Gasteiger partial charge in [0.15, 0.2) is 11.6 Å². The van der Waals surface area contributed by atoms with Crippen molar-refractivity contribution in [2.24, 2.45) is 10.8 Å². The van der Waals surface area contributed by atoms with Crippen LogP contribution in [0.15, 0.2) is 34.7 Å². The van der Waals surface area contributed by atoms with Crippen LogP contribution in [0.4, 0.5) is 0 Å². The Hall–Kier alpha value is -0.900. The van der Waals surface area contributed by atoms with Gasteiger partial charge in [0.05, 0.1) is 3.57 Å². The van der Waals surface area contributed by atoms with Crippen LogP contribution in [0.25, 0.3) is 0 Å². The summed E-state index contributed by atoms with van der Waals surface area (Å²) in [5, 5.41) is 14.4. The van der Waals surface area contributed by atoms with Gasteiger partial charge in [-0.25, -0.2) is 0 Å². The van der Waals surface area contributed by atoms with Crippen LogP contribution in [-0.4, -0.2) is 16.7 Å². The van der Waals surface area contributed by atoms with E-state index in [1.54, 1.807) is 0 Å². The third kappa shape index (κ3) is 3.79. The SMILES string of the molecule is CC1(C)CC(=O)C2=C(C1)NC1=C(C(=O)CC(C)(C)C1)C2c1cc(I)cc(I)c1O. The number of ketones is 2. The molecule has 6 heteroatoms. The van der Waals surface area contributed by atoms with Gasteiger partial charge in [0.1, 0.15) is 5.75 Å². The highest BCUT2D eigenvalue weighted by Gasteiger charge is 2.47. The molecule has 0 radical (unpaired) electrons. The summed E-state index contributed by atoms with van der Waals surface area (Å²) in [4.78, 5) is 26.6. The molecule has 2 aliphatic carbocycles. The number of nitrogens with one attached hydrogen (secondary N) is 1. The van der Waals surface area contributed by atoms with Crippen molar-refractivity contribution in [2.45, 2.75) is 59.3 Å². The van der Waals surface area contributed by atoms with Crippen LogP contribution >= 0.6 is 45.2 Å². The van der Waals surface area contributed by atoms with Gasteiger partial charge in [-0.15, -0.1) is 0 Å². The predicted octanol–water partition coefficient (Wildman–Crippen LogP) is 5.57. The minimum absolute atomic E-state index is 0.0752. The summed E-state index contributed by atoms with van der Waals surface area (Å²) >= 11 is 4.34. The number of carbonyl (C=O) groups excluding carboxylic acids is 2. The van der Waals surface area contributed by atoms with Crippen molar-refractivity contribution >= 4 is 56.7 Å². The minimum Gasteiger partial charge on any atom is -0.507 e. The summed E-state index contributed by atoms with van der Waals surface area (Å²) in [6, 6.07) is 3.83. The lowest BCUT2D eigenvalue weighted by atomic mass is 9.64. The number of aromatic hydroxyl groups is 1. The summed E-state index contributed by atoms with van der Waals surface area (Å²) < 4.78 is 1.72. The molecule has 0 spiro atoms. The highest BCUT2D eigenvalue weighted by Crippen LogP contribution is 2.52. The number of benzene rings is 1. The van der Waals surface area contributed by atoms with E-state index < -0.39 is 5.92 Å². The maximum absolute atomic E-state index is 13.3. The van der Waals surface area contributed by atoms with Crippen molar-refractivity contribution in [3.8, 4) is 5.75 Å². The number of phenolic OH excluding ortho intramolecular Hbond substituents is 1. The van der Waals surface area contributed by atoms with Gasteiger partial charge in [0, 0.05) is 50.4 Å². The van der Waals surface area contributed by atoms with Crippen LogP contribution in [0.3, 0.4) is 0 Å². The Bertz CT molecular complexity index is 965. The zero-order valence-electron chi connectivity index (χ0n) is 17.1. The number of rotatable bonds is 1. The third-order valence-electron chi connectivity index (χ3n) is 6.09. The second-order valence-corrected chi connectivity index (χ2v) is 12.5. The van der Waals surface area contributed by atoms with E-state index >= 15 is 0 Å². The van der Waals surface area contributed by atoms with Gasteiger partial charge in [-0.3, -0.25) is 9.59 Å². The summed E-state index contributed by atoms with van der Waals surface area (Å²) in [7, 11) is 0. The summed E-state index contributed by atoms with van der Waals surface area (Å²) in [6.45, 7) is 8.43. The molecular formula is C23H25I2NO3. The molecule has 0 aromatic heterocycles. The van der Waals surface area contributed by atoms with Crippen molar-refractivity contribution in [3.63, 3.8) is 0 Å². The maximum Gasteiger partial charge on any atom is 0.162 e. The standard InChI is InChI=1S/C23H25I2NO3/c1-22(2)7-14-19(16(27)9-22)18(12-5-11(24)6-13(25)21(12)29)20-15(26-14)8-23(3,4)10-17(20)28/h5-6,18,26,29H,7-10H2,1-4H3. The van der Waals surface area contributed by atoms with Gasteiger partial charge in [-0.05, 0) is 81.0 Å². The first-order valence-corrected chi connectivity index (χ1v) is 12.0. The first-order chi connectivity index (χ1) is 13.4. The molecule has 154 valence electrons. The molecule has 4 nitrogen and oxygen atoms in total. The summed E-state index contributed by atoms with van der Waals surface area (Å²) in [5.41, 5.74) is 3.61. The van der Waals surface area contributed by atoms with E-state index in [4.69, 9.17) is 0 Å².